The van der Waals surface area contributed by atoms with Gasteiger partial charge in [-0.3, -0.25) is 4.79 Å². The number of unbranched alkanes of at least 4 members (excludes halogenated alkanes) is 12. The molecule has 0 rings (SSSR count). The zero-order valence-corrected chi connectivity index (χ0v) is 15.1. The SMILES string of the molecule is CCCCCCCC/C=C/CCCCCCCCOC(C)=O. The van der Waals surface area contributed by atoms with Crippen molar-refractivity contribution in [3.63, 3.8) is 0 Å². The lowest BCUT2D eigenvalue weighted by Gasteiger charge is -2.02. The number of hydrogen-bond acceptors (Lipinski definition) is 2. The lowest BCUT2D eigenvalue weighted by atomic mass is 10.1. The second kappa shape index (κ2) is 18.3. The van der Waals surface area contributed by atoms with Gasteiger partial charge in [-0.05, 0) is 32.1 Å². The van der Waals surface area contributed by atoms with Crippen molar-refractivity contribution in [2.24, 2.45) is 0 Å². The van der Waals surface area contributed by atoms with E-state index in [1.807, 2.05) is 0 Å². The van der Waals surface area contributed by atoms with E-state index in [0.717, 1.165) is 6.42 Å². The number of carbonyl (C=O) groups is 1. The number of esters is 1. The predicted octanol–water partition coefficient (Wildman–Crippen LogP) is 6.59. The Balaban J connectivity index is 3.06. The number of carbonyl (C=O) groups excluding carboxylic acids is 1. The van der Waals surface area contributed by atoms with Crippen molar-refractivity contribution in [2.75, 3.05) is 6.61 Å². The van der Waals surface area contributed by atoms with E-state index in [-0.39, 0.29) is 5.97 Å². The van der Waals surface area contributed by atoms with Crippen LogP contribution in [0.5, 0.6) is 0 Å². The van der Waals surface area contributed by atoms with Crippen LogP contribution in [0.25, 0.3) is 0 Å². The molecule has 0 N–H and O–H groups in total. The summed E-state index contributed by atoms with van der Waals surface area (Å²) in [6.45, 7) is 4.34. The van der Waals surface area contributed by atoms with Gasteiger partial charge in [0.05, 0.1) is 6.61 Å². The summed E-state index contributed by atoms with van der Waals surface area (Å²) in [5.41, 5.74) is 0. The monoisotopic (exact) mass is 310 g/mol. The third-order valence-electron chi connectivity index (χ3n) is 3.96. The van der Waals surface area contributed by atoms with Crippen molar-refractivity contribution in [3.8, 4) is 0 Å². The first-order valence-corrected chi connectivity index (χ1v) is 9.55. The molecule has 2 nitrogen and oxygen atoms in total. The highest BCUT2D eigenvalue weighted by atomic mass is 16.5. The molecular weight excluding hydrogens is 272 g/mol. The maximum atomic E-state index is 10.6. The molecule has 0 aliphatic rings. The highest BCUT2D eigenvalue weighted by molar-refractivity contribution is 5.65. The Morgan fingerprint density at radius 2 is 1.18 bits per heavy atom. The molecule has 0 spiro atoms. The first-order chi connectivity index (χ1) is 10.8. The number of rotatable bonds is 16. The van der Waals surface area contributed by atoms with Crippen molar-refractivity contribution in [2.45, 2.75) is 104 Å². The van der Waals surface area contributed by atoms with Crippen LogP contribution in [0.2, 0.25) is 0 Å². The highest BCUT2D eigenvalue weighted by Crippen LogP contribution is 2.09. The molecule has 22 heavy (non-hydrogen) atoms. The minimum absolute atomic E-state index is 0.159. The molecule has 0 aliphatic heterocycles. The predicted molar refractivity (Wildman–Crippen MR) is 96.1 cm³/mol. The van der Waals surface area contributed by atoms with Gasteiger partial charge in [-0.1, -0.05) is 76.9 Å². The van der Waals surface area contributed by atoms with Crippen LogP contribution < -0.4 is 0 Å². The van der Waals surface area contributed by atoms with Crippen molar-refractivity contribution in [3.05, 3.63) is 12.2 Å². The molecule has 0 aliphatic carbocycles. The molecule has 0 atom stereocenters. The summed E-state index contributed by atoms with van der Waals surface area (Å²) >= 11 is 0. The Hall–Kier alpha value is -0.790. The molecule has 0 saturated carbocycles. The van der Waals surface area contributed by atoms with E-state index < -0.39 is 0 Å². The van der Waals surface area contributed by atoms with Gasteiger partial charge in [0.25, 0.3) is 0 Å². The van der Waals surface area contributed by atoms with Crippen molar-refractivity contribution in [1.82, 2.24) is 0 Å². The van der Waals surface area contributed by atoms with Crippen LogP contribution in [0, 0.1) is 0 Å². The average molecular weight is 311 g/mol. The Bertz CT molecular complexity index is 258. The lowest BCUT2D eigenvalue weighted by Crippen LogP contribution is -1.99. The summed E-state index contributed by atoms with van der Waals surface area (Å²) in [5.74, 6) is -0.159. The summed E-state index contributed by atoms with van der Waals surface area (Å²) in [7, 11) is 0. The van der Waals surface area contributed by atoms with Crippen LogP contribution in [0.3, 0.4) is 0 Å². The summed E-state index contributed by atoms with van der Waals surface area (Å²) in [4.78, 5) is 10.6. The van der Waals surface area contributed by atoms with Gasteiger partial charge < -0.3 is 4.74 Å². The van der Waals surface area contributed by atoms with E-state index in [9.17, 15) is 4.79 Å². The summed E-state index contributed by atoms with van der Waals surface area (Å²) in [6, 6.07) is 0. The Kier molecular flexibility index (Phi) is 17.6. The minimum atomic E-state index is -0.159. The van der Waals surface area contributed by atoms with Crippen molar-refractivity contribution >= 4 is 5.97 Å². The first-order valence-electron chi connectivity index (χ1n) is 9.55. The molecule has 0 aromatic heterocycles. The number of allylic oxidation sites excluding steroid dienone is 2. The molecule has 0 unspecified atom stereocenters. The van der Waals surface area contributed by atoms with Crippen LogP contribution in [-0.2, 0) is 9.53 Å². The van der Waals surface area contributed by atoms with E-state index in [4.69, 9.17) is 4.74 Å². The lowest BCUT2D eigenvalue weighted by molar-refractivity contribution is -0.141. The fourth-order valence-electron chi connectivity index (χ4n) is 2.57. The molecule has 0 fully saturated rings. The van der Waals surface area contributed by atoms with Crippen LogP contribution in [0.15, 0.2) is 12.2 Å². The minimum Gasteiger partial charge on any atom is -0.466 e. The van der Waals surface area contributed by atoms with E-state index in [1.165, 1.54) is 90.4 Å². The van der Waals surface area contributed by atoms with Gasteiger partial charge in [-0.2, -0.15) is 0 Å². The van der Waals surface area contributed by atoms with Crippen LogP contribution >= 0.6 is 0 Å². The quantitative estimate of drug-likeness (QED) is 0.183. The summed E-state index contributed by atoms with van der Waals surface area (Å²) < 4.78 is 4.91. The molecule has 0 radical (unpaired) electrons. The fraction of sp³-hybridized carbons (Fsp3) is 0.850. The maximum absolute atomic E-state index is 10.6. The molecule has 130 valence electrons. The molecule has 0 aromatic rings. The molecule has 0 heterocycles. The summed E-state index contributed by atoms with van der Waals surface area (Å²) in [6.07, 6.45) is 23.0. The van der Waals surface area contributed by atoms with Gasteiger partial charge in [-0.15, -0.1) is 0 Å². The third-order valence-corrected chi connectivity index (χ3v) is 3.96. The van der Waals surface area contributed by atoms with Crippen molar-refractivity contribution < 1.29 is 9.53 Å². The van der Waals surface area contributed by atoms with Gasteiger partial charge in [0.15, 0.2) is 0 Å². The molecule has 2 heteroatoms. The molecule has 0 bridgehead atoms. The van der Waals surface area contributed by atoms with Crippen LogP contribution in [0.1, 0.15) is 104 Å². The maximum Gasteiger partial charge on any atom is 0.302 e. The highest BCUT2D eigenvalue weighted by Gasteiger charge is 1.94. The van der Waals surface area contributed by atoms with Gasteiger partial charge in [0.2, 0.25) is 0 Å². The van der Waals surface area contributed by atoms with Gasteiger partial charge >= 0.3 is 5.97 Å². The zero-order valence-electron chi connectivity index (χ0n) is 15.1. The third kappa shape index (κ3) is 19.2. The fourth-order valence-corrected chi connectivity index (χ4v) is 2.57. The Morgan fingerprint density at radius 1 is 0.727 bits per heavy atom. The molecule has 0 aromatic carbocycles. The van der Waals surface area contributed by atoms with E-state index in [0.29, 0.717) is 6.61 Å². The largest absolute Gasteiger partial charge is 0.466 e. The normalized spacial score (nSPS) is 11.2. The van der Waals surface area contributed by atoms with Crippen molar-refractivity contribution in [1.29, 1.82) is 0 Å². The average Bonchev–Trinajstić information content (AvgIpc) is 2.50. The Morgan fingerprint density at radius 3 is 1.68 bits per heavy atom. The first kappa shape index (κ1) is 21.2. The van der Waals surface area contributed by atoms with Crippen LogP contribution in [0.4, 0.5) is 0 Å². The van der Waals surface area contributed by atoms with Gasteiger partial charge in [0.1, 0.15) is 0 Å². The molecule has 0 amide bonds. The smallest absolute Gasteiger partial charge is 0.302 e. The number of hydrogen-bond donors (Lipinski definition) is 0. The second-order valence-corrected chi connectivity index (χ2v) is 6.28. The topological polar surface area (TPSA) is 26.3 Å². The van der Waals surface area contributed by atoms with E-state index in [1.54, 1.807) is 0 Å². The standard InChI is InChI=1S/C20H38O2/c1-3-4-5-6-7-8-9-10-11-12-13-14-15-16-17-18-19-22-20(2)21/h10-11H,3-9,12-19H2,1-2H3/b11-10+. The van der Waals surface area contributed by atoms with Gasteiger partial charge in [0, 0.05) is 6.92 Å². The van der Waals surface area contributed by atoms with Crippen LogP contribution in [-0.4, -0.2) is 12.6 Å². The van der Waals surface area contributed by atoms with E-state index >= 15 is 0 Å². The molecular formula is C20H38O2. The summed E-state index contributed by atoms with van der Waals surface area (Å²) in [5, 5.41) is 0. The number of ether oxygens (including phenoxy) is 1. The molecule has 0 saturated heterocycles. The second-order valence-electron chi connectivity index (χ2n) is 6.28. The van der Waals surface area contributed by atoms with E-state index in [2.05, 4.69) is 19.1 Å². The van der Waals surface area contributed by atoms with Gasteiger partial charge in [-0.25, -0.2) is 0 Å². The Labute approximate surface area is 138 Å². The zero-order chi connectivity index (χ0) is 16.3.